The van der Waals surface area contributed by atoms with Gasteiger partial charge in [-0.1, -0.05) is 13.8 Å². The minimum atomic E-state index is 0.727. The van der Waals surface area contributed by atoms with Gasteiger partial charge >= 0.3 is 0 Å². The Morgan fingerprint density at radius 2 is 1.77 bits per heavy atom. The second kappa shape index (κ2) is 4.97. The lowest BCUT2D eigenvalue weighted by molar-refractivity contribution is -0.0805. The molecule has 0 bridgehead atoms. The van der Waals surface area contributed by atoms with Crippen LogP contribution in [0.1, 0.15) is 39.5 Å². The van der Waals surface area contributed by atoms with Crippen LogP contribution < -0.4 is 0 Å². The monoisotopic (exact) mass is 185 g/mol. The first-order valence-electron chi connectivity index (χ1n) is 5.49. The van der Waals surface area contributed by atoms with Crippen molar-refractivity contribution >= 4 is 0 Å². The molecule has 1 rings (SSSR count). The zero-order chi connectivity index (χ0) is 9.84. The van der Waals surface area contributed by atoms with E-state index in [9.17, 15) is 0 Å². The molecule has 0 amide bonds. The highest BCUT2D eigenvalue weighted by atomic mass is 16.5. The SMILES string of the molecule is CC(C)C1CCC(CN(C)O)CC1. The Morgan fingerprint density at radius 3 is 2.15 bits per heavy atom. The van der Waals surface area contributed by atoms with Crippen molar-refractivity contribution in [2.24, 2.45) is 17.8 Å². The van der Waals surface area contributed by atoms with Crippen LogP contribution in [-0.4, -0.2) is 23.9 Å². The molecule has 13 heavy (non-hydrogen) atoms. The smallest absolute Gasteiger partial charge is 0.0263 e. The van der Waals surface area contributed by atoms with Crippen LogP contribution in [0.2, 0.25) is 0 Å². The van der Waals surface area contributed by atoms with Crippen LogP contribution in [0.3, 0.4) is 0 Å². The highest BCUT2D eigenvalue weighted by Gasteiger charge is 2.23. The van der Waals surface area contributed by atoms with Gasteiger partial charge in [0.05, 0.1) is 0 Å². The van der Waals surface area contributed by atoms with E-state index < -0.39 is 0 Å². The zero-order valence-electron chi connectivity index (χ0n) is 9.16. The molecule has 0 atom stereocenters. The summed E-state index contributed by atoms with van der Waals surface area (Å²) in [5.41, 5.74) is 0. The molecule has 1 aliphatic carbocycles. The average molecular weight is 185 g/mol. The lowest BCUT2D eigenvalue weighted by atomic mass is 9.77. The van der Waals surface area contributed by atoms with E-state index in [-0.39, 0.29) is 0 Å². The van der Waals surface area contributed by atoms with Gasteiger partial charge in [-0.05, 0) is 43.4 Å². The van der Waals surface area contributed by atoms with Gasteiger partial charge in [0.2, 0.25) is 0 Å². The van der Waals surface area contributed by atoms with Crippen LogP contribution >= 0.6 is 0 Å². The molecule has 0 radical (unpaired) electrons. The molecule has 0 aromatic heterocycles. The topological polar surface area (TPSA) is 23.5 Å². The van der Waals surface area contributed by atoms with Crippen LogP contribution in [0.5, 0.6) is 0 Å². The van der Waals surface area contributed by atoms with Crippen molar-refractivity contribution in [2.75, 3.05) is 13.6 Å². The third-order valence-electron chi connectivity index (χ3n) is 3.36. The van der Waals surface area contributed by atoms with Crippen LogP contribution in [0.15, 0.2) is 0 Å². The Labute approximate surface area is 81.9 Å². The van der Waals surface area contributed by atoms with E-state index >= 15 is 0 Å². The lowest BCUT2D eigenvalue weighted by Gasteiger charge is -2.31. The van der Waals surface area contributed by atoms with Gasteiger partial charge in [0.1, 0.15) is 0 Å². The normalized spacial score (nSPS) is 30.0. The Bertz CT molecular complexity index is 137. The number of hydrogen-bond acceptors (Lipinski definition) is 2. The Balaban J connectivity index is 2.22. The van der Waals surface area contributed by atoms with Gasteiger partial charge in [0.15, 0.2) is 0 Å². The van der Waals surface area contributed by atoms with Crippen molar-refractivity contribution in [3.63, 3.8) is 0 Å². The van der Waals surface area contributed by atoms with Gasteiger partial charge in [0, 0.05) is 13.6 Å². The Hall–Kier alpha value is -0.0800. The molecular weight excluding hydrogens is 162 g/mol. The predicted octanol–water partition coefficient (Wildman–Crippen LogP) is 2.77. The fourth-order valence-electron chi connectivity index (χ4n) is 2.41. The third-order valence-corrected chi connectivity index (χ3v) is 3.36. The standard InChI is InChI=1S/C11H23NO/c1-9(2)11-6-4-10(5-7-11)8-12(3)13/h9-11,13H,4-8H2,1-3H3. The largest absolute Gasteiger partial charge is 0.314 e. The molecule has 0 aromatic carbocycles. The van der Waals surface area contributed by atoms with Crippen molar-refractivity contribution in [2.45, 2.75) is 39.5 Å². The number of hydroxylamine groups is 2. The van der Waals surface area contributed by atoms with Crippen LogP contribution in [-0.2, 0) is 0 Å². The van der Waals surface area contributed by atoms with E-state index in [0.717, 1.165) is 24.3 Å². The van der Waals surface area contributed by atoms with Crippen LogP contribution in [0, 0.1) is 17.8 Å². The summed E-state index contributed by atoms with van der Waals surface area (Å²) in [6, 6.07) is 0. The minimum absolute atomic E-state index is 0.727. The second-order valence-corrected chi connectivity index (χ2v) is 4.87. The number of hydrogen-bond donors (Lipinski definition) is 1. The fraction of sp³-hybridized carbons (Fsp3) is 1.00. The Kier molecular flexibility index (Phi) is 4.20. The molecule has 1 fully saturated rings. The van der Waals surface area contributed by atoms with Crippen LogP contribution in [0.4, 0.5) is 0 Å². The summed E-state index contributed by atoms with van der Waals surface area (Å²) in [4.78, 5) is 0. The summed E-state index contributed by atoms with van der Waals surface area (Å²) in [7, 11) is 1.74. The summed E-state index contributed by atoms with van der Waals surface area (Å²) in [5.74, 6) is 2.50. The summed E-state index contributed by atoms with van der Waals surface area (Å²) >= 11 is 0. The molecule has 0 saturated heterocycles. The zero-order valence-corrected chi connectivity index (χ0v) is 9.16. The third kappa shape index (κ3) is 3.65. The summed E-state index contributed by atoms with van der Waals surface area (Å²) in [6.07, 6.45) is 5.31. The highest BCUT2D eigenvalue weighted by molar-refractivity contribution is 4.74. The maximum Gasteiger partial charge on any atom is 0.0263 e. The van der Waals surface area contributed by atoms with Gasteiger partial charge in [-0.25, -0.2) is 0 Å². The van der Waals surface area contributed by atoms with Gasteiger partial charge in [-0.15, -0.1) is 0 Å². The molecule has 0 unspecified atom stereocenters. The first-order valence-corrected chi connectivity index (χ1v) is 5.49. The lowest BCUT2D eigenvalue weighted by Crippen LogP contribution is -2.27. The molecule has 0 aliphatic heterocycles. The van der Waals surface area contributed by atoms with Crippen LogP contribution in [0.25, 0.3) is 0 Å². The highest BCUT2D eigenvalue weighted by Crippen LogP contribution is 2.33. The van der Waals surface area contributed by atoms with E-state index in [2.05, 4.69) is 13.8 Å². The minimum Gasteiger partial charge on any atom is -0.314 e. The second-order valence-electron chi connectivity index (χ2n) is 4.87. The first-order chi connectivity index (χ1) is 6.09. The molecule has 0 heterocycles. The van der Waals surface area contributed by atoms with E-state index in [1.165, 1.54) is 30.7 Å². The fourth-order valence-corrected chi connectivity index (χ4v) is 2.41. The molecule has 0 aromatic rings. The number of nitrogens with zero attached hydrogens (tertiary/aromatic N) is 1. The van der Waals surface area contributed by atoms with E-state index in [0.29, 0.717) is 0 Å². The van der Waals surface area contributed by atoms with Gasteiger partial charge in [-0.3, -0.25) is 0 Å². The Morgan fingerprint density at radius 1 is 1.23 bits per heavy atom. The molecule has 78 valence electrons. The van der Waals surface area contributed by atoms with E-state index in [4.69, 9.17) is 5.21 Å². The van der Waals surface area contributed by atoms with Crippen molar-refractivity contribution < 1.29 is 5.21 Å². The quantitative estimate of drug-likeness (QED) is 0.683. The molecule has 1 aliphatic rings. The summed E-state index contributed by atoms with van der Waals surface area (Å²) < 4.78 is 0. The van der Waals surface area contributed by atoms with Gasteiger partial charge in [0.25, 0.3) is 0 Å². The molecular formula is C11H23NO. The summed E-state index contributed by atoms with van der Waals surface area (Å²) in [5, 5.41) is 10.4. The number of rotatable bonds is 3. The van der Waals surface area contributed by atoms with Crippen molar-refractivity contribution in [1.82, 2.24) is 5.06 Å². The van der Waals surface area contributed by atoms with Gasteiger partial charge < -0.3 is 5.21 Å². The average Bonchev–Trinajstić information content (AvgIpc) is 2.04. The van der Waals surface area contributed by atoms with Crippen molar-refractivity contribution in [3.8, 4) is 0 Å². The van der Waals surface area contributed by atoms with E-state index in [1.807, 2.05) is 0 Å². The molecule has 1 N–H and O–H groups in total. The maximum absolute atomic E-state index is 9.11. The van der Waals surface area contributed by atoms with E-state index in [1.54, 1.807) is 7.05 Å². The summed E-state index contributed by atoms with van der Waals surface area (Å²) in [6.45, 7) is 5.50. The first kappa shape index (κ1) is 11.0. The van der Waals surface area contributed by atoms with Crippen molar-refractivity contribution in [3.05, 3.63) is 0 Å². The molecule has 1 saturated carbocycles. The molecule has 0 spiro atoms. The molecule has 2 nitrogen and oxygen atoms in total. The maximum atomic E-state index is 9.11. The predicted molar refractivity (Wildman–Crippen MR) is 54.7 cm³/mol. The van der Waals surface area contributed by atoms with Gasteiger partial charge in [-0.2, -0.15) is 5.06 Å². The molecule has 2 heteroatoms. The van der Waals surface area contributed by atoms with Crippen molar-refractivity contribution in [1.29, 1.82) is 0 Å².